The Morgan fingerprint density at radius 2 is 1.09 bits per heavy atom. The van der Waals surface area contributed by atoms with Crippen LogP contribution in [-0.2, 0) is 34.1 Å². The number of hydrazine groups is 2. The standard InChI is InChI=1S/C49H63N9O10/c1-29(2)41(51-48(66)68-7)46(64)57-27-9-11-39(57)45(63)55-53-43(61)33-18-14-31(15-19-33)37-25-24-36(58(37)35-22-20-34(21-23-35)49(3,4)5)30-12-16-32(17-13-30)42(60)52-54-44(62)38-10-8-26-56(38)40(59)28-50-47(65)67-6/h12-23,29,36-39,41H,8-11,24-28H2,1-7H3,(H,50,65)(H,51,66)(H,52,60)(H,53,61)(H,54,62)(H,55,63)/t36?,37?,38-,39-,41-/m0/s1. The molecule has 0 saturated carbocycles. The Kier molecular flexibility index (Phi) is 16.3. The van der Waals surface area contributed by atoms with Crippen molar-refractivity contribution in [3.05, 3.63) is 101 Å². The van der Waals surface area contributed by atoms with E-state index in [4.69, 9.17) is 0 Å². The van der Waals surface area contributed by atoms with Gasteiger partial charge in [-0.05, 0) is 103 Å². The number of nitrogens with zero attached hydrogens (tertiary/aromatic N) is 3. The van der Waals surface area contributed by atoms with Crippen molar-refractivity contribution < 1.29 is 47.8 Å². The highest BCUT2D eigenvalue weighted by atomic mass is 16.5. The minimum absolute atomic E-state index is 0.0564. The van der Waals surface area contributed by atoms with Gasteiger partial charge in [0, 0.05) is 29.9 Å². The molecule has 364 valence electrons. The monoisotopic (exact) mass is 937 g/mol. The van der Waals surface area contributed by atoms with E-state index in [1.165, 1.54) is 29.6 Å². The molecule has 3 saturated heterocycles. The maximum Gasteiger partial charge on any atom is 0.407 e. The molecule has 6 rings (SSSR count). The zero-order valence-corrected chi connectivity index (χ0v) is 39.7. The third-order valence-electron chi connectivity index (χ3n) is 12.8. The van der Waals surface area contributed by atoms with Gasteiger partial charge in [0.05, 0.1) is 26.3 Å². The Morgan fingerprint density at radius 1 is 0.618 bits per heavy atom. The molecular weight excluding hydrogens is 875 g/mol. The molecule has 8 amide bonds. The lowest BCUT2D eigenvalue weighted by molar-refractivity contribution is -0.141. The smallest absolute Gasteiger partial charge is 0.407 e. The maximum absolute atomic E-state index is 13.4. The summed E-state index contributed by atoms with van der Waals surface area (Å²) in [6, 6.07) is 20.2. The topological polar surface area (TPSA) is 237 Å². The van der Waals surface area contributed by atoms with Crippen molar-refractivity contribution in [3.8, 4) is 0 Å². The van der Waals surface area contributed by atoms with E-state index in [1.807, 2.05) is 24.3 Å². The predicted molar refractivity (Wildman–Crippen MR) is 250 cm³/mol. The van der Waals surface area contributed by atoms with Crippen LogP contribution in [-0.4, -0.2) is 109 Å². The second-order valence-electron chi connectivity index (χ2n) is 18.6. The Labute approximate surface area is 396 Å². The second kappa shape index (κ2) is 22.1. The number of hydrogen-bond acceptors (Lipinski definition) is 11. The minimum atomic E-state index is -0.887. The van der Waals surface area contributed by atoms with Crippen LogP contribution in [0.1, 0.15) is 123 Å². The lowest BCUT2D eigenvalue weighted by Crippen LogP contribution is -2.56. The highest BCUT2D eigenvalue weighted by Crippen LogP contribution is 2.47. The summed E-state index contributed by atoms with van der Waals surface area (Å²) in [6.45, 7) is 10.4. The Balaban J connectivity index is 1.11. The van der Waals surface area contributed by atoms with Crippen molar-refractivity contribution in [3.63, 3.8) is 0 Å². The largest absolute Gasteiger partial charge is 0.453 e. The maximum atomic E-state index is 13.4. The molecule has 19 heteroatoms. The van der Waals surface area contributed by atoms with Gasteiger partial charge < -0.3 is 34.8 Å². The van der Waals surface area contributed by atoms with E-state index in [-0.39, 0.29) is 30.0 Å². The van der Waals surface area contributed by atoms with Gasteiger partial charge >= 0.3 is 12.2 Å². The van der Waals surface area contributed by atoms with E-state index in [9.17, 15) is 38.4 Å². The highest BCUT2D eigenvalue weighted by Gasteiger charge is 2.40. The molecule has 3 aliphatic heterocycles. The van der Waals surface area contributed by atoms with E-state index in [0.29, 0.717) is 49.9 Å². The quantitative estimate of drug-likeness (QED) is 0.140. The number of likely N-dealkylation sites (tertiary alicyclic amines) is 2. The molecule has 0 bridgehead atoms. The number of hydrogen-bond donors (Lipinski definition) is 6. The average molecular weight is 938 g/mol. The van der Waals surface area contributed by atoms with Crippen molar-refractivity contribution in [1.82, 2.24) is 42.1 Å². The van der Waals surface area contributed by atoms with Gasteiger partial charge in [-0.25, -0.2) is 9.59 Å². The molecule has 3 aromatic carbocycles. The molecule has 5 atom stereocenters. The number of amides is 8. The number of rotatable bonds is 12. The summed E-state index contributed by atoms with van der Waals surface area (Å²) in [7, 11) is 2.40. The van der Waals surface area contributed by atoms with Crippen molar-refractivity contribution >= 4 is 53.3 Å². The average Bonchev–Trinajstić information content (AvgIpc) is 4.14. The molecule has 3 heterocycles. The van der Waals surface area contributed by atoms with Crippen LogP contribution in [0.15, 0.2) is 72.8 Å². The molecule has 3 aromatic rings. The Bertz CT molecular complexity index is 2330. The van der Waals surface area contributed by atoms with Crippen LogP contribution in [0.4, 0.5) is 15.3 Å². The molecule has 2 unspecified atom stereocenters. The number of carbonyl (C=O) groups excluding carboxylic acids is 8. The fourth-order valence-electron chi connectivity index (χ4n) is 9.06. The molecule has 3 fully saturated rings. The fourth-order valence-corrected chi connectivity index (χ4v) is 9.06. The third-order valence-corrected chi connectivity index (χ3v) is 12.8. The number of carbonyl (C=O) groups is 8. The first kappa shape index (κ1) is 50.2. The normalized spacial score (nSPS) is 19.4. The first-order valence-corrected chi connectivity index (χ1v) is 23.0. The SMILES string of the molecule is COC(=O)NCC(=O)N1CCC[C@H]1C(=O)NNC(=O)c1ccc(C2CCC(c3ccc(C(=O)NNC(=O)[C@@H]4CCCN4C(=O)[C@@H](NC(=O)OC)C(C)C)cc3)N2c2ccc(C(C)(C)C)cc2)cc1. The van der Waals surface area contributed by atoms with Crippen LogP contribution >= 0.6 is 0 Å². The molecule has 0 radical (unpaired) electrons. The van der Waals surface area contributed by atoms with E-state index in [2.05, 4.69) is 91.7 Å². The molecule has 0 aromatic heterocycles. The predicted octanol–water partition coefficient (Wildman–Crippen LogP) is 4.31. The number of nitrogens with one attached hydrogen (secondary N) is 6. The second-order valence-corrected chi connectivity index (χ2v) is 18.6. The molecule has 0 spiro atoms. The Morgan fingerprint density at radius 3 is 1.54 bits per heavy atom. The summed E-state index contributed by atoms with van der Waals surface area (Å²) in [5.74, 6) is -3.25. The molecule has 19 nitrogen and oxygen atoms in total. The van der Waals surface area contributed by atoms with Crippen LogP contribution in [0, 0.1) is 5.92 Å². The van der Waals surface area contributed by atoms with Gasteiger partial charge in [-0.3, -0.25) is 50.5 Å². The molecule has 6 N–H and O–H groups in total. The summed E-state index contributed by atoms with van der Waals surface area (Å²) < 4.78 is 9.20. The van der Waals surface area contributed by atoms with Crippen LogP contribution in [0.5, 0.6) is 0 Å². The van der Waals surface area contributed by atoms with Crippen LogP contribution < -0.4 is 37.2 Å². The van der Waals surface area contributed by atoms with Gasteiger partial charge in [0.25, 0.3) is 23.6 Å². The van der Waals surface area contributed by atoms with Gasteiger partial charge in [-0.15, -0.1) is 0 Å². The number of alkyl carbamates (subject to hydrolysis) is 2. The summed E-state index contributed by atoms with van der Waals surface area (Å²) in [5, 5.41) is 4.89. The van der Waals surface area contributed by atoms with E-state index >= 15 is 0 Å². The lowest BCUT2D eigenvalue weighted by Gasteiger charge is -2.34. The first-order valence-electron chi connectivity index (χ1n) is 23.0. The van der Waals surface area contributed by atoms with Crippen LogP contribution in [0.2, 0.25) is 0 Å². The van der Waals surface area contributed by atoms with Gasteiger partial charge in [-0.1, -0.05) is 71.0 Å². The highest BCUT2D eigenvalue weighted by molar-refractivity contribution is 5.98. The van der Waals surface area contributed by atoms with Gasteiger partial charge in [0.15, 0.2) is 0 Å². The van der Waals surface area contributed by atoms with Gasteiger partial charge in [-0.2, -0.15) is 0 Å². The number of benzene rings is 3. The summed E-state index contributed by atoms with van der Waals surface area (Å²) in [4.78, 5) is 108. The summed E-state index contributed by atoms with van der Waals surface area (Å²) in [6.07, 6.45) is 2.04. The molecule has 0 aliphatic carbocycles. The van der Waals surface area contributed by atoms with Crippen molar-refractivity contribution in [2.75, 3.05) is 38.8 Å². The van der Waals surface area contributed by atoms with Crippen LogP contribution in [0.25, 0.3) is 0 Å². The van der Waals surface area contributed by atoms with Crippen LogP contribution in [0.3, 0.4) is 0 Å². The van der Waals surface area contributed by atoms with Gasteiger partial charge in [0.1, 0.15) is 24.7 Å². The Hall–Kier alpha value is -7.18. The number of methoxy groups -OCH3 is 2. The molecule has 68 heavy (non-hydrogen) atoms. The van der Waals surface area contributed by atoms with E-state index in [1.54, 1.807) is 38.1 Å². The first-order chi connectivity index (χ1) is 32.4. The zero-order valence-electron chi connectivity index (χ0n) is 39.7. The lowest BCUT2D eigenvalue weighted by atomic mass is 9.87. The summed E-state index contributed by atoms with van der Waals surface area (Å²) in [5.41, 5.74) is 14.6. The van der Waals surface area contributed by atoms with Gasteiger partial charge in [0.2, 0.25) is 11.8 Å². The fraction of sp³-hybridized carbons (Fsp3) is 0.469. The molecular formula is C49H63N9O10. The molecule has 3 aliphatic rings. The van der Waals surface area contributed by atoms with Crippen molar-refractivity contribution in [2.24, 2.45) is 5.92 Å². The zero-order chi connectivity index (χ0) is 49.3. The van der Waals surface area contributed by atoms with E-state index < -0.39 is 65.8 Å². The van der Waals surface area contributed by atoms with Crippen molar-refractivity contribution in [1.29, 1.82) is 0 Å². The minimum Gasteiger partial charge on any atom is -0.453 e. The number of ether oxygens (including phenoxy) is 2. The van der Waals surface area contributed by atoms with Crippen molar-refractivity contribution in [2.45, 2.75) is 109 Å². The number of anilines is 1. The third kappa shape index (κ3) is 11.8. The van der Waals surface area contributed by atoms with E-state index in [0.717, 1.165) is 29.7 Å². The summed E-state index contributed by atoms with van der Waals surface area (Å²) >= 11 is 0.